The Balaban J connectivity index is 0.997. The van der Waals surface area contributed by atoms with Crippen molar-refractivity contribution in [2.75, 3.05) is 7.11 Å². The first kappa shape index (κ1) is 23.4. The molecule has 0 saturated heterocycles. The highest BCUT2D eigenvalue weighted by Gasteiger charge is 2.12. The van der Waals surface area contributed by atoms with Crippen LogP contribution in [-0.4, -0.2) is 36.3 Å². The minimum atomic E-state index is 0.370. The van der Waals surface area contributed by atoms with Crippen molar-refractivity contribution in [3.63, 3.8) is 0 Å². The van der Waals surface area contributed by atoms with E-state index in [0.29, 0.717) is 17.0 Å². The van der Waals surface area contributed by atoms with Crippen LogP contribution in [-0.2, 0) is 6.61 Å². The summed E-state index contributed by atoms with van der Waals surface area (Å²) in [5.74, 6) is 1.46. The second-order valence-corrected chi connectivity index (χ2v) is 10.4. The maximum Gasteiger partial charge on any atom is 0.294 e. The van der Waals surface area contributed by atoms with Gasteiger partial charge in [-0.05, 0) is 64.6 Å². The molecule has 0 spiro atoms. The fourth-order valence-electron chi connectivity index (χ4n) is 4.07. The zero-order chi connectivity index (χ0) is 26.2. The predicted molar refractivity (Wildman–Crippen MR) is 150 cm³/mol. The summed E-state index contributed by atoms with van der Waals surface area (Å²) in [6, 6.07) is 25.7. The van der Waals surface area contributed by atoms with Gasteiger partial charge in [-0.15, -0.1) is 10.2 Å². The molecule has 39 heavy (non-hydrogen) atoms. The Bertz CT molecular complexity index is 1830. The Labute approximate surface area is 230 Å². The van der Waals surface area contributed by atoms with Gasteiger partial charge in [0.05, 0.1) is 30.9 Å². The zero-order valence-electron chi connectivity index (χ0n) is 20.6. The second-order valence-electron chi connectivity index (χ2n) is 8.58. The summed E-state index contributed by atoms with van der Waals surface area (Å²) in [6.07, 6.45) is 3.80. The summed E-state index contributed by atoms with van der Waals surface area (Å²) in [6.45, 7) is 0.370. The van der Waals surface area contributed by atoms with Crippen LogP contribution < -0.4 is 14.2 Å². The summed E-state index contributed by atoms with van der Waals surface area (Å²) < 4.78 is 20.7. The molecule has 0 atom stereocenters. The average Bonchev–Trinajstić information content (AvgIpc) is 3.73. The number of rotatable bonds is 8. The van der Waals surface area contributed by atoms with E-state index in [1.54, 1.807) is 16.1 Å². The minimum absolute atomic E-state index is 0.370. The first-order valence-corrected chi connectivity index (χ1v) is 13.7. The molecular weight excluding hydrogens is 532 g/mol. The SMILES string of the molecule is COc1nn2cc(-c3ccc(Oc4cccc(COc5nn6cc(-c7ccccc7)nc6s5)c4)cc3)nc2s1. The van der Waals surface area contributed by atoms with Gasteiger partial charge in [0.2, 0.25) is 9.92 Å². The van der Waals surface area contributed by atoms with Crippen molar-refractivity contribution in [2.24, 2.45) is 0 Å². The summed E-state index contributed by atoms with van der Waals surface area (Å²) in [5.41, 5.74) is 4.74. The molecule has 7 aromatic rings. The van der Waals surface area contributed by atoms with Crippen LogP contribution in [0.15, 0.2) is 91.3 Å². The van der Waals surface area contributed by atoms with Gasteiger partial charge in [0, 0.05) is 11.1 Å². The number of imidazole rings is 2. The Morgan fingerprint density at radius 3 is 2.05 bits per heavy atom. The van der Waals surface area contributed by atoms with Gasteiger partial charge in [-0.2, -0.15) is 0 Å². The van der Waals surface area contributed by atoms with Gasteiger partial charge in [-0.1, -0.05) is 42.5 Å². The Morgan fingerprint density at radius 2 is 1.36 bits per heavy atom. The van der Waals surface area contributed by atoms with Crippen molar-refractivity contribution >= 4 is 32.6 Å². The van der Waals surface area contributed by atoms with Gasteiger partial charge in [0.1, 0.15) is 18.1 Å². The van der Waals surface area contributed by atoms with Crippen LogP contribution in [0.4, 0.5) is 0 Å². The number of hydrogen-bond donors (Lipinski definition) is 0. The lowest BCUT2D eigenvalue weighted by Gasteiger charge is -2.08. The third kappa shape index (κ3) is 4.80. The fraction of sp³-hybridized carbons (Fsp3) is 0.0714. The van der Waals surface area contributed by atoms with Crippen molar-refractivity contribution in [2.45, 2.75) is 6.61 Å². The summed E-state index contributed by atoms with van der Waals surface area (Å²) in [7, 11) is 1.60. The van der Waals surface area contributed by atoms with Crippen LogP contribution in [0.2, 0.25) is 0 Å². The van der Waals surface area contributed by atoms with Crippen molar-refractivity contribution in [1.29, 1.82) is 0 Å². The quantitative estimate of drug-likeness (QED) is 0.210. The summed E-state index contributed by atoms with van der Waals surface area (Å²) in [4.78, 5) is 10.9. The van der Waals surface area contributed by atoms with E-state index < -0.39 is 0 Å². The molecule has 0 N–H and O–H groups in total. The van der Waals surface area contributed by atoms with E-state index in [1.807, 2.05) is 91.3 Å². The van der Waals surface area contributed by atoms with E-state index in [4.69, 9.17) is 14.2 Å². The number of methoxy groups -OCH3 is 1. The lowest BCUT2D eigenvalue weighted by Crippen LogP contribution is -1.96. The molecule has 192 valence electrons. The Morgan fingerprint density at radius 1 is 0.692 bits per heavy atom. The van der Waals surface area contributed by atoms with Gasteiger partial charge in [0.15, 0.2) is 0 Å². The lowest BCUT2D eigenvalue weighted by atomic mass is 10.1. The van der Waals surface area contributed by atoms with Crippen molar-refractivity contribution in [1.82, 2.24) is 29.2 Å². The van der Waals surface area contributed by atoms with Crippen molar-refractivity contribution < 1.29 is 14.2 Å². The van der Waals surface area contributed by atoms with E-state index in [1.165, 1.54) is 22.7 Å². The molecule has 0 bridgehead atoms. The van der Waals surface area contributed by atoms with E-state index >= 15 is 0 Å². The highest BCUT2D eigenvalue weighted by molar-refractivity contribution is 7.18. The summed E-state index contributed by atoms with van der Waals surface area (Å²) in [5, 5.41) is 9.99. The molecule has 0 amide bonds. The Hall–Kier alpha value is -4.74. The van der Waals surface area contributed by atoms with Gasteiger partial charge < -0.3 is 14.2 Å². The molecule has 4 heterocycles. The van der Waals surface area contributed by atoms with Crippen LogP contribution in [0.3, 0.4) is 0 Å². The van der Waals surface area contributed by atoms with E-state index in [-0.39, 0.29) is 0 Å². The third-order valence-corrected chi connectivity index (χ3v) is 7.66. The number of ether oxygens (including phenoxy) is 3. The maximum absolute atomic E-state index is 6.09. The topological polar surface area (TPSA) is 88.1 Å². The van der Waals surface area contributed by atoms with Crippen LogP contribution in [0, 0.1) is 0 Å². The number of aromatic nitrogens is 6. The minimum Gasteiger partial charge on any atom is -0.472 e. The molecule has 4 aromatic heterocycles. The lowest BCUT2D eigenvalue weighted by molar-refractivity contribution is 0.300. The number of nitrogens with zero attached hydrogens (tertiary/aromatic N) is 6. The normalized spacial score (nSPS) is 11.3. The average molecular weight is 553 g/mol. The smallest absolute Gasteiger partial charge is 0.294 e. The van der Waals surface area contributed by atoms with Gasteiger partial charge in [-0.25, -0.2) is 19.0 Å². The highest BCUT2D eigenvalue weighted by Crippen LogP contribution is 2.30. The largest absolute Gasteiger partial charge is 0.472 e. The zero-order valence-corrected chi connectivity index (χ0v) is 22.2. The summed E-state index contributed by atoms with van der Waals surface area (Å²) >= 11 is 2.81. The number of benzene rings is 3. The predicted octanol–water partition coefficient (Wildman–Crippen LogP) is 6.61. The molecule has 0 unspecified atom stereocenters. The van der Waals surface area contributed by atoms with Crippen LogP contribution >= 0.6 is 22.7 Å². The van der Waals surface area contributed by atoms with Gasteiger partial charge >= 0.3 is 0 Å². The maximum atomic E-state index is 6.09. The van der Waals surface area contributed by atoms with E-state index in [2.05, 4.69) is 20.2 Å². The Kier molecular flexibility index (Phi) is 5.91. The first-order valence-electron chi connectivity index (χ1n) is 12.0. The number of hydrogen-bond acceptors (Lipinski definition) is 9. The van der Waals surface area contributed by atoms with E-state index in [9.17, 15) is 0 Å². The molecule has 0 saturated carbocycles. The fourth-order valence-corrected chi connectivity index (χ4v) is 5.50. The van der Waals surface area contributed by atoms with Crippen LogP contribution in [0.5, 0.6) is 21.9 Å². The molecule has 0 radical (unpaired) electrons. The van der Waals surface area contributed by atoms with Crippen LogP contribution in [0.25, 0.3) is 32.4 Å². The van der Waals surface area contributed by atoms with Gasteiger partial charge in [0.25, 0.3) is 10.4 Å². The molecule has 0 fully saturated rings. The molecule has 0 aliphatic carbocycles. The standard InChI is InChI=1S/C28H20N6O3S2/c1-35-27-31-33-16-24(30-25(33)38-27)20-10-12-21(13-11-20)37-22-9-5-6-18(14-22)17-36-28-32-34-15-23(29-26(34)39-28)19-7-3-2-4-8-19/h2-16H,17H2,1H3. The van der Waals surface area contributed by atoms with Gasteiger partial charge in [-0.3, -0.25) is 0 Å². The molecule has 3 aromatic carbocycles. The van der Waals surface area contributed by atoms with Crippen molar-refractivity contribution in [3.05, 3.63) is 96.8 Å². The van der Waals surface area contributed by atoms with Crippen LogP contribution in [0.1, 0.15) is 5.56 Å². The van der Waals surface area contributed by atoms with Crippen molar-refractivity contribution in [3.8, 4) is 44.4 Å². The number of fused-ring (bicyclic) bond motifs is 2. The first-order chi connectivity index (χ1) is 19.2. The molecule has 0 aliphatic rings. The molecule has 0 aliphatic heterocycles. The third-order valence-electron chi connectivity index (χ3n) is 5.94. The molecule has 9 nitrogen and oxygen atoms in total. The highest BCUT2D eigenvalue weighted by atomic mass is 32.1. The monoisotopic (exact) mass is 552 g/mol. The second kappa shape index (κ2) is 9.86. The van der Waals surface area contributed by atoms with E-state index in [0.717, 1.165) is 49.5 Å². The molecular formula is C28H20N6O3S2. The molecule has 7 rings (SSSR count). The molecule has 11 heteroatoms.